The lowest BCUT2D eigenvalue weighted by atomic mass is 10.2. The van der Waals surface area contributed by atoms with Crippen LogP contribution in [-0.2, 0) is 4.74 Å². The molecule has 0 saturated heterocycles. The highest BCUT2D eigenvalue weighted by atomic mass is 16.5. The summed E-state index contributed by atoms with van der Waals surface area (Å²) in [6.45, 7) is 0. The van der Waals surface area contributed by atoms with E-state index in [0.717, 1.165) is 5.56 Å². The molecule has 0 radical (unpaired) electrons. The maximum absolute atomic E-state index is 5.10. The van der Waals surface area contributed by atoms with Crippen molar-refractivity contribution in [3.63, 3.8) is 0 Å². The normalized spacial score (nSPS) is 8.50. The number of nitrogens with zero attached hydrogens (tertiary/aromatic N) is 1. The molecule has 0 spiro atoms. The highest BCUT2D eigenvalue weighted by Gasteiger charge is 2.00. The Hall–Kier alpha value is -1.75. The Morgan fingerprint density at radius 1 is 1.21 bits per heavy atom. The summed E-state index contributed by atoms with van der Waals surface area (Å²) in [7, 11) is 5.42. The third kappa shape index (κ3) is 2.95. The van der Waals surface area contributed by atoms with E-state index in [1.165, 1.54) is 0 Å². The van der Waals surface area contributed by atoms with Crippen molar-refractivity contribution in [3.8, 4) is 11.8 Å². The molecule has 0 heterocycles. The second kappa shape index (κ2) is 5.08. The summed E-state index contributed by atoms with van der Waals surface area (Å²) in [5.74, 6) is 6.64. The number of benzene rings is 1. The van der Waals surface area contributed by atoms with E-state index in [-0.39, 0.29) is 0 Å². The molecule has 1 rings (SSSR count). The van der Waals surface area contributed by atoms with E-state index in [9.17, 15) is 0 Å². The first kappa shape index (κ1) is 10.3. The summed E-state index contributed by atoms with van der Waals surface area (Å²) in [5, 5.41) is 0. The van der Waals surface area contributed by atoms with E-state index in [4.69, 9.17) is 4.74 Å². The highest BCUT2D eigenvalue weighted by molar-refractivity contribution is 5.90. The van der Waals surface area contributed by atoms with Gasteiger partial charge in [-0.05, 0) is 12.1 Å². The maximum atomic E-state index is 5.10. The Bertz CT molecular complexity index is 378. The Morgan fingerprint density at radius 2 is 1.86 bits per heavy atom. The second-order valence-electron chi connectivity index (χ2n) is 3.02. The van der Waals surface area contributed by atoms with Crippen LogP contribution in [0.15, 0.2) is 30.3 Å². The predicted molar refractivity (Wildman–Crippen MR) is 57.4 cm³/mol. The molecule has 0 aliphatic heterocycles. The average molecular weight is 188 g/mol. The van der Waals surface area contributed by atoms with Crippen LogP contribution >= 0.6 is 0 Å². The van der Waals surface area contributed by atoms with Crippen LogP contribution < -0.4 is 0 Å². The van der Waals surface area contributed by atoms with Gasteiger partial charge in [0.2, 0.25) is 0 Å². The van der Waals surface area contributed by atoms with Gasteiger partial charge in [0.1, 0.15) is 14.1 Å². The molecule has 2 nitrogen and oxygen atoms in total. The van der Waals surface area contributed by atoms with Gasteiger partial charge in [-0.1, -0.05) is 24.1 Å². The molecule has 0 atom stereocenters. The Kier molecular flexibility index (Phi) is 3.75. The van der Waals surface area contributed by atoms with Gasteiger partial charge in [0.25, 0.3) is 0 Å². The van der Waals surface area contributed by atoms with E-state index in [1.54, 1.807) is 7.11 Å². The van der Waals surface area contributed by atoms with Crippen molar-refractivity contribution >= 4 is 5.90 Å². The van der Waals surface area contributed by atoms with Gasteiger partial charge in [-0.15, -0.1) is 0 Å². The van der Waals surface area contributed by atoms with Crippen molar-refractivity contribution in [2.24, 2.45) is 0 Å². The smallest absolute Gasteiger partial charge is 0.417 e. The van der Waals surface area contributed by atoms with Crippen molar-refractivity contribution in [1.29, 1.82) is 0 Å². The fraction of sp³-hybridized carbons (Fsp3) is 0.250. The lowest BCUT2D eigenvalue weighted by Crippen LogP contribution is -2.12. The lowest BCUT2D eigenvalue weighted by molar-refractivity contribution is -0.472. The standard InChI is InChI=1S/C12H14NO/c1-13(2)12(14-3)10-9-11-7-5-4-6-8-11/h4-8H,1-3H3/q+1. The summed E-state index contributed by atoms with van der Waals surface area (Å²) in [6, 6.07) is 9.84. The topological polar surface area (TPSA) is 12.2 Å². The fourth-order valence-corrected chi connectivity index (χ4v) is 0.993. The van der Waals surface area contributed by atoms with Gasteiger partial charge in [-0.3, -0.25) is 0 Å². The van der Waals surface area contributed by atoms with Crippen LogP contribution in [0.5, 0.6) is 0 Å². The number of ether oxygens (including phenoxy) is 1. The molecule has 1 aromatic carbocycles. The average Bonchev–Trinajstić information content (AvgIpc) is 2.20. The van der Waals surface area contributed by atoms with Crippen LogP contribution in [0.2, 0.25) is 0 Å². The predicted octanol–water partition coefficient (Wildman–Crippen LogP) is 1.36. The summed E-state index contributed by atoms with van der Waals surface area (Å²) in [4.78, 5) is 0. The minimum atomic E-state index is 0.661. The van der Waals surface area contributed by atoms with Crippen molar-refractivity contribution in [3.05, 3.63) is 35.9 Å². The molecule has 0 fully saturated rings. The zero-order valence-electron chi connectivity index (χ0n) is 8.74. The van der Waals surface area contributed by atoms with Crippen molar-refractivity contribution in [2.45, 2.75) is 0 Å². The molecule has 14 heavy (non-hydrogen) atoms. The third-order valence-corrected chi connectivity index (χ3v) is 1.69. The molecule has 0 bridgehead atoms. The van der Waals surface area contributed by atoms with Crippen molar-refractivity contribution in [2.75, 3.05) is 21.2 Å². The minimum Gasteiger partial charge on any atom is -0.441 e. The Morgan fingerprint density at radius 3 is 2.36 bits per heavy atom. The summed E-state index contributed by atoms with van der Waals surface area (Å²) in [6.07, 6.45) is 0. The van der Waals surface area contributed by atoms with Crippen LogP contribution in [0, 0.1) is 11.8 Å². The molecule has 1 aromatic rings. The van der Waals surface area contributed by atoms with Gasteiger partial charge in [-0.2, -0.15) is 4.58 Å². The fourth-order valence-electron chi connectivity index (χ4n) is 0.993. The maximum Gasteiger partial charge on any atom is 0.417 e. The molecule has 0 amide bonds. The third-order valence-electron chi connectivity index (χ3n) is 1.69. The van der Waals surface area contributed by atoms with Crippen LogP contribution in [-0.4, -0.2) is 31.7 Å². The molecule has 0 aliphatic carbocycles. The first-order valence-electron chi connectivity index (χ1n) is 4.39. The molecule has 0 unspecified atom stereocenters. The van der Waals surface area contributed by atoms with E-state index in [1.807, 2.05) is 49.0 Å². The van der Waals surface area contributed by atoms with Crippen LogP contribution in [0.25, 0.3) is 0 Å². The van der Waals surface area contributed by atoms with Crippen LogP contribution in [0.4, 0.5) is 0 Å². The molecule has 0 aromatic heterocycles. The van der Waals surface area contributed by atoms with Gasteiger partial charge in [0.15, 0.2) is 0 Å². The number of rotatable bonds is 0. The Labute approximate surface area is 84.8 Å². The largest absolute Gasteiger partial charge is 0.441 e. The second-order valence-corrected chi connectivity index (χ2v) is 3.02. The number of hydrogen-bond donors (Lipinski definition) is 0. The van der Waals surface area contributed by atoms with Gasteiger partial charge in [0.05, 0.1) is 13.0 Å². The summed E-state index contributed by atoms with van der Waals surface area (Å²) in [5.41, 5.74) is 0.990. The molecular formula is C12H14NO+. The lowest BCUT2D eigenvalue weighted by Gasteiger charge is -1.92. The molecular weight excluding hydrogens is 174 g/mol. The zero-order valence-corrected chi connectivity index (χ0v) is 8.74. The summed E-state index contributed by atoms with van der Waals surface area (Å²) >= 11 is 0. The SMILES string of the molecule is COC(C#Cc1ccccc1)=[N+](C)C. The monoisotopic (exact) mass is 188 g/mol. The van der Waals surface area contributed by atoms with Gasteiger partial charge in [0, 0.05) is 5.56 Å². The Balaban J connectivity index is 2.88. The van der Waals surface area contributed by atoms with E-state index in [2.05, 4.69) is 11.8 Å². The van der Waals surface area contributed by atoms with Gasteiger partial charge >= 0.3 is 5.90 Å². The molecule has 0 N–H and O–H groups in total. The van der Waals surface area contributed by atoms with E-state index in [0.29, 0.717) is 5.90 Å². The highest BCUT2D eigenvalue weighted by Crippen LogP contribution is 1.94. The van der Waals surface area contributed by atoms with E-state index < -0.39 is 0 Å². The van der Waals surface area contributed by atoms with Crippen molar-refractivity contribution in [1.82, 2.24) is 0 Å². The number of hydrogen-bond acceptors (Lipinski definition) is 1. The minimum absolute atomic E-state index is 0.661. The van der Waals surface area contributed by atoms with Crippen LogP contribution in [0.1, 0.15) is 5.56 Å². The first-order chi connectivity index (χ1) is 6.74. The van der Waals surface area contributed by atoms with Crippen LogP contribution in [0.3, 0.4) is 0 Å². The molecule has 72 valence electrons. The van der Waals surface area contributed by atoms with E-state index >= 15 is 0 Å². The molecule has 0 aliphatic rings. The zero-order chi connectivity index (χ0) is 10.4. The quantitative estimate of drug-likeness (QED) is 0.259. The summed E-state index contributed by atoms with van der Waals surface area (Å²) < 4.78 is 6.95. The van der Waals surface area contributed by atoms with Crippen molar-refractivity contribution < 1.29 is 9.31 Å². The van der Waals surface area contributed by atoms with Gasteiger partial charge < -0.3 is 4.74 Å². The first-order valence-corrected chi connectivity index (χ1v) is 4.39. The number of methoxy groups -OCH3 is 1. The van der Waals surface area contributed by atoms with Gasteiger partial charge in [-0.25, -0.2) is 0 Å². The molecule has 0 saturated carbocycles. The molecule has 2 heteroatoms.